The largest absolute Gasteiger partial charge is 0.497 e. The van der Waals surface area contributed by atoms with Gasteiger partial charge >= 0.3 is 0 Å². The highest BCUT2D eigenvalue weighted by atomic mass is 32.2. The van der Waals surface area contributed by atoms with E-state index in [1.807, 2.05) is 10.6 Å². The van der Waals surface area contributed by atoms with Crippen molar-refractivity contribution in [1.82, 2.24) is 4.57 Å². The first kappa shape index (κ1) is 26.1. The van der Waals surface area contributed by atoms with Crippen molar-refractivity contribution in [1.29, 1.82) is 0 Å². The van der Waals surface area contributed by atoms with E-state index in [1.165, 1.54) is 31.2 Å². The quantitative estimate of drug-likeness (QED) is 0.289. The molecule has 0 unspecified atom stereocenters. The topological polar surface area (TPSA) is 38.4 Å². The van der Waals surface area contributed by atoms with Crippen LogP contribution in [0, 0.1) is 13.8 Å². The highest BCUT2D eigenvalue weighted by Crippen LogP contribution is 2.47. The summed E-state index contributed by atoms with van der Waals surface area (Å²) in [6, 6.07) is 10.8. The summed E-state index contributed by atoms with van der Waals surface area (Å²) in [4.78, 5) is 17.3. The first-order valence-corrected chi connectivity index (χ1v) is 15.4. The summed E-state index contributed by atoms with van der Waals surface area (Å²) < 4.78 is 12.9. The number of hydrogen-bond donors (Lipinski definition) is 0. The van der Waals surface area contributed by atoms with Crippen molar-refractivity contribution in [2.45, 2.75) is 65.4 Å². The van der Waals surface area contributed by atoms with Crippen molar-refractivity contribution in [3.63, 3.8) is 0 Å². The van der Waals surface area contributed by atoms with Crippen LogP contribution >= 0.6 is 34.4 Å². The van der Waals surface area contributed by atoms with Crippen LogP contribution in [-0.4, -0.2) is 18.2 Å². The van der Waals surface area contributed by atoms with Crippen molar-refractivity contribution in [2.75, 3.05) is 18.6 Å². The number of ether oxygens (including phenoxy) is 1. The summed E-state index contributed by atoms with van der Waals surface area (Å²) in [7, 11) is 1.70. The molecule has 4 aromatic rings. The van der Waals surface area contributed by atoms with Crippen LogP contribution in [0.15, 0.2) is 40.0 Å². The molecule has 0 saturated carbocycles. The normalized spacial score (nSPS) is 15.2. The van der Waals surface area contributed by atoms with E-state index in [1.54, 1.807) is 41.5 Å². The highest BCUT2D eigenvalue weighted by molar-refractivity contribution is 8.08. The van der Waals surface area contributed by atoms with Crippen LogP contribution in [-0.2, 0) is 13.1 Å². The molecule has 3 heterocycles. The van der Waals surface area contributed by atoms with Crippen molar-refractivity contribution in [3.8, 4) is 5.75 Å². The van der Waals surface area contributed by atoms with E-state index in [0.29, 0.717) is 6.54 Å². The van der Waals surface area contributed by atoms with Crippen molar-refractivity contribution < 1.29 is 9.30 Å². The molecular formula is C29H34N3O2S3+. The number of aromatic nitrogens is 2. The minimum atomic E-state index is 0.0957. The molecule has 0 amide bonds. The summed E-state index contributed by atoms with van der Waals surface area (Å²) in [5, 5.41) is 2.22. The van der Waals surface area contributed by atoms with Crippen LogP contribution in [0.4, 0.5) is 5.69 Å². The fourth-order valence-corrected chi connectivity index (χ4v) is 8.52. The first-order chi connectivity index (χ1) is 17.9. The maximum Gasteiger partial charge on any atom is 0.271 e. The number of hydrogen-bond acceptors (Lipinski definition) is 6. The number of anilines is 1. The van der Waals surface area contributed by atoms with Crippen LogP contribution in [0.2, 0.25) is 0 Å². The minimum Gasteiger partial charge on any atom is -0.497 e. The predicted octanol–water partition coefficient (Wildman–Crippen LogP) is 5.38. The second-order valence-electron chi connectivity index (χ2n) is 9.30. The van der Waals surface area contributed by atoms with E-state index in [0.717, 1.165) is 51.6 Å². The van der Waals surface area contributed by atoms with Gasteiger partial charge < -0.3 is 9.64 Å². The summed E-state index contributed by atoms with van der Waals surface area (Å²) in [6.07, 6.45) is 4.37. The number of thioether (sulfide) groups is 1. The Kier molecular flexibility index (Phi) is 7.52. The molecule has 2 aromatic carbocycles. The molecule has 0 N–H and O–H groups in total. The summed E-state index contributed by atoms with van der Waals surface area (Å²) >= 11 is 5.12. The van der Waals surface area contributed by atoms with Gasteiger partial charge in [0.05, 0.1) is 18.9 Å². The maximum absolute atomic E-state index is 13.8. The fourth-order valence-electron chi connectivity index (χ4n) is 4.76. The van der Waals surface area contributed by atoms with Gasteiger partial charge in [-0.25, -0.2) is 0 Å². The first-order valence-electron chi connectivity index (χ1n) is 12.9. The third-order valence-electron chi connectivity index (χ3n) is 6.98. The summed E-state index contributed by atoms with van der Waals surface area (Å²) in [6.45, 7) is 13.2. The molecule has 2 aromatic heterocycles. The number of benzene rings is 2. The third kappa shape index (κ3) is 4.64. The van der Waals surface area contributed by atoms with Gasteiger partial charge in [-0.1, -0.05) is 36.4 Å². The maximum atomic E-state index is 13.8. The Balaban J connectivity index is 1.72. The number of aryl methyl sites for hydroxylation is 3. The molecule has 194 valence electrons. The lowest BCUT2D eigenvalue weighted by atomic mass is 10.1. The Morgan fingerprint density at radius 3 is 2.54 bits per heavy atom. The van der Waals surface area contributed by atoms with Gasteiger partial charge in [-0.05, 0) is 63.4 Å². The molecular weight excluding hydrogens is 519 g/mol. The zero-order chi connectivity index (χ0) is 26.3. The van der Waals surface area contributed by atoms with E-state index >= 15 is 0 Å². The van der Waals surface area contributed by atoms with Gasteiger partial charge in [0.25, 0.3) is 10.6 Å². The number of nitrogens with zero attached hydrogens (tertiary/aromatic N) is 3. The number of thiazole rings is 2. The second kappa shape index (κ2) is 10.7. The summed E-state index contributed by atoms with van der Waals surface area (Å²) in [5.74, 6) is 0.840. The van der Waals surface area contributed by atoms with Crippen LogP contribution in [0.5, 0.6) is 5.75 Å². The number of rotatable bonds is 7. The predicted molar refractivity (Wildman–Crippen MR) is 159 cm³/mol. The van der Waals surface area contributed by atoms with E-state index in [9.17, 15) is 4.79 Å². The number of unbranched alkanes of at least 4 members (excludes halogenated alkanes) is 1. The molecule has 0 aliphatic carbocycles. The molecule has 0 saturated heterocycles. The Morgan fingerprint density at radius 1 is 1.05 bits per heavy atom. The van der Waals surface area contributed by atoms with Gasteiger partial charge in [-0.2, -0.15) is 4.57 Å². The molecule has 5 nitrogen and oxygen atoms in total. The molecule has 0 fully saturated rings. The van der Waals surface area contributed by atoms with Gasteiger partial charge in [0, 0.05) is 30.1 Å². The standard InChI is InChI=1S/C29H34N3O2S3/c1-7-10-13-32-22-16-20(34-6)11-12-23(22)36-29(32)27-28(33)31(9-3)26(37-27)17-25-30(8-2)21-14-18(4)19(5)15-24(21)35-25/h11-12,14-17H,7-10,13H2,1-6H3/q+1. The molecule has 0 spiro atoms. The van der Waals surface area contributed by atoms with Crippen LogP contribution in [0.3, 0.4) is 0 Å². The molecule has 5 rings (SSSR count). The SMILES string of the molecule is CCCCN1C(=c2sc(=Cc3sc4cc(C)c(C)cc4[n+]3CC)n(CC)c2=O)Sc2ccc(OC)cc21. The monoisotopic (exact) mass is 552 g/mol. The average Bonchev–Trinajstić information content (AvgIpc) is 3.52. The highest BCUT2D eigenvalue weighted by Gasteiger charge is 2.28. The second-order valence-corrected chi connectivity index (χ2v) is 12.4. The van der Waals surface area contributed by atoms with Crippen molar-refractivity contribution in [3.05, 3.63) is 66.0 Å². The molecule has 8 heteroatoms. The lowest BCUT2D eigenvalue weighted by Crippen LogP contribution is -2.36. The van der Waals surface area contributed by atoms with Crippen LogP contribution in [0.25, 0.3) is 21.3 Å². The van der Waals surface area contributed by atoms with Crippen molar-refractivity contribution >= 4 is 61.4 Å². The Morgan fingerprint density at radius 2 is 1.84 bits per heavy atom. The van der Waals surface area contributed by atoms with Gasteiger partial charge in [-0.15, -0.1) is 11.3 Å². The van der Waals surface area contributed by atoms with Gasteiger partial charge in [0.1, 0.15) is 31.2 Å². The zero-order valence-corrected chi connectivity index (χ0v) is 24.8. The molecule has 1 aliphatic heterocycles. The van der Waals surface area contributed by atoms with Crippen molar-refractivity contribution in [2.24, 2.45) is 0 Å². The lowest BCUT2D eigenvalue weighted by Gasteiger charge is -2.20. The number of methoxy groups -OCH3 is 1. The third-order valence-corrected chi connectivity index (χ3v) is 10.5. The smallest absolute Gasteiger partial charge is 0.271 e. The molecule has 0 bridgehead atoms. The summed E-state index contributed by atoms with van der Waals surface area (Å²) in [5.41, 5.74) is 5.11. The molecule has 0 atom stereocenters. The van der Waals surface area contributed by atoms with Gasteiger partial charge in [-0.3, -0.25) is 9.36 Å². The average molecular weight is 553 g/mol. The van der Waals surface area contributed by atoms with Crippen LogP contribution in [0.1, 0.15) is 49.7 Å². The Hall–Kier alpha value is -2.55. The molecule has 37 heavy (non-hydrogen) atoms. The van der Waals surface area contributed by atoms with E-state index in [4.69, 9.17) is 4.74 Å². The minimum absolute atomic E-state index is 0.0957. The fraction of sp³-hybridized carbons (Fsp3) is 0.379. The van der Waals surface area contributed by atoms with Gasteiger partial charge in [0.2, 0.25) is 5.52 Å². The Bertz CT molecular complexity index is 1660. The lowest BCUT2D eigenvalue weighted by molar-refractivity contribution is -0.665. The van der Waals surface area contributed by atoms with E-state index in [-0.39, 0.29) is 5.56 Å². The Labute approximate surface area is 230 Å². The zero-order valence-electron chi connectivity index (χ0n) is 22.4. The number of fused-ring (bicyclic) bond motifs is 2. The van der Waals surface area contributed by atoms with E-state index < -0.39 is 0 Å². The van der Waals surface area contributed by atoms with E-state index in [2.05, 4.69) is 74.4 Å². The van der Waals surface area contributed by atoms with Gasteiger partial charge in [0.15, 0.2) is 0 Å². The van der Waals surface area contributed by atoms with Crippen LogP contribution < -0.4 is 29.0 Å². The molecule has 1 aliphatic rings. The molecule has 0 radical (unpaired) electrons.